The lowest BCUT2D eigenvalue weighted by molar-refractivity contribution is -0.130. The van der Waals surface area contributed by atoms with Crippen LogP contribution in [0.15, 0.2) is 29.4 Å². The van der Waals surface area contributed by atoms with Crippen molar-refractivity contribution in [2.75, 3.05) is 29.6 Å². The van der Waals surface area contributed by atoms with Crippen LogP contribution >= 0.6 is 11.8 Å². The van der Waals surface area contributed by atoms with Gasteiger partial charge in [0.05, 0.1) is 17.3 Å². The first-order chi connectivity index (χ1) is 14.7. The lowest BCUT2D eigenvalue weighted by Crippen LogP contribution is -2.44. The number of nitrogens with zero attached hydrogens (tertiary/aromatic N) is 4. The Morgan fingerprint density at radius 1 is 1.39 bits per heavy atom. The van der Waals surface area contributed by atoms with Gasteiger partial charge in [0.15, 0.2) is 27.2 Å². The van der Waals surface area contributed by atoms with E-state index >= 15 is 0 Å². The fourth-order valence-corrected chi connectivity index (χ4v) is 5.78. The summed E-state index contributed by atoms with van der Waals surface area (Å²) in [5.74, 6) is 6.04. The minimum atomic E-state index is -3.10. The smallest absolute Gasteiger partial charge is 0.233 e. The Bertz CT molecular complexity index is 1030. The second-order valence-electron chi connectivity index (χ2n) is 7.77. The van der Waals surface area contributed by atoms with E-state index in [0.29, 0.717) is 18.1 Å². The van der Waals surface area contributed by atoms with Crippen molar-refractivity contribution >= 4 is 27.5 Å². The number of thioether (sulfide) groups is 1. The number of carbonyl (C=O) groups is 1. The van der Waals surface area contributed by atoms with Crippen LogP contribution in [-0.2, 0) is 21.2 Å². The molecule has 31 heavy (non-hydrogen) atoms. The number of rotatable bonds is 9. The maximum absolute atomic E-state index is 13.7. The van der Waals surface area contributed by atoms with Gasteiger partial charge in [-0.05, 0) is 24.5 Å². The maximum atomic E-state index is 13.7. The highest BCUT2D eigenvalue weighted by Crippen LogP contribution is 2.23. The van der Waals surface area contributed by atoms with Crippen LogP contribution in [0, 0.1) is 11.7 Å². The van der Waals surface area contributed by atoms with Crippen LogP contribution in [0.2, 0.25) is 0 Å². The number of nitrogens with two attached hydrogens (primary N) is 1. The molecule has 2 heterocycles. The molecule has 1 aliphatic heterocycles. The minimum Gasteiger partial charge on any atom is -0.482 e. The highest BCUT2D eigenvalue weighted by molar-refractivity contribution is 7.99. The van der Waals surface area contributed by atoms with E-state index in [0.717, 1.165) is 11.8 Å². The Morgan fingerprint density at radius 2 is 2.13 bits per heavy atom. The minimum absolute atomic E-state index is 0.000725. The normalized spacial score (nSPS) is 17.7. The lowest BCUT2D eigenvalue weighted by Gasteiger charge is -2.29. The predicted molar refractivity (Wildman–Crippen MR) is 115 cm³/mol. The quantitative estimate of drug-likeness (QED) is 0.431. The van der Waals surface area contributed by atoms with Crippen LogP contribution in [0.1, 0.15) is 26.1 Å². The number of hydrogen-bond donors (Lipinski definition) is 1. The van der Waals surface area contributed by atoms with Crippen molar-refractivity contribution in [2.24, 2.45) is 5.92 Å². The summed E-state index contributed by atoms with van der Waals surface area (Å²) in [7, 11) is -3.10. The largest absolute Gasteiger partial charge is 0.482 e. The molecule has 1 aromatic heterocycles. The Morgan fingerprint density at radius 3 is 2.77 bits per heavy atom. The molecule has 0 saturated carbocycles. The summed E-state index contributed by atoms with van der Waals surface area (Å²) < 4.78 is 44.0. The van der Waals surface area contributed by atoms with Crippen molar-refractivity contribution in [1.29, 1.82) is 0 Å². The highest BCUT2D eigenvalue weighted by atomic mass is 32.2. The monoisotopic (exact) mass is 471 g/mol. The van der Waals surface area contributed by atoms with Crippen LogP contribution in [-0.4, -0.2) is 63.9 Å². The number of amides is 1. The molecule has 2 aromatic rings. The summed E-state index contributed by atoms with van der Waals surface area (Å²) in [6, 6.07) is 5.68. The molecular formula is C19H26FN5O4S2. The molecule has 12 heteroatoms. The van der Waals surface area contributed by atoms with Gasteiger partial charge in [-0.25, -0.2) is 17.5 Å². The molecule has 1 atom stereocenters. The first-order valence-electron chi connectivity index (χ1n) is 9.85. The number of halogens is 1. The molecule has 2 N–H and O–H groups in total. The van der Waals surface area contributed by atoms with Gasteiger partial charge in [-0.3, -0.25) is 4.79 Å². The van der Waals surface area contributed by atoms with Crippen molar-refractivity contribution in [2.45, 2.75) is 38.1 Å². The molecule has 1 saturated heterocycles. The second kappa shape index (κ2) is 9.86. The second-order valence-corrected chi connectivity index (χ2v) is 10.9. The van der Waals surface area contributed by atoms with Gasteiger partial charge < -0.3 is 15.5 Å². The zero-order chi connectivity index (χ0) is 22.6. The number of ether oxygens (including phenoxy) is 1. The summed E-state index contributed by atoms with van der Waals surface area (Å²) in [6.45, 7) is 4.36. The predicted octanol–water partition coefficient (Wildman–Crippen LogP) is 1.47. The van der Waals surface area contributed by atoms with E-state index in [1.807, 2.05) is 13.8 Å². The zero-order valence-electron chi connectivity index (χ0n) is 17.4. The summed E-state index contributed by atoms with van der Waals surface area (Å²) in [4.78, 5) is 14.5. The first-order valence-corrected chi connectivity index (χ1v) is 12.7. The van der Waals surface area contributed by atoms with E-state index in [9.17, 15) is 17.6 Å². The first kappa shape index (κ1) is 23.3. The summed E-state index contributed by atoms with van der Waals surface area (Å²) in [5.41, 5.74) is 0. The molecule has 0 bridgehead atoms. The fraction of sp³-hybridized carbons (Fsp3) is 0.526. The molecule has 0 radical (unpaired) electrons. The standard InChI is InChI=1S/C19H26FN5O4S2/c1-13(2)9-24(14-7-8-31(27,28)12-14)18(26)11-30-19-23-22-17(25(19)21)10-29-16-6-4-3-5-15(16)20/h3-6,13-14H,7-12,21H2,1-2H3/t14-/m0/s1. The molecule has 0 spiro atoms. The van der Waals surface area contributed by atoms with E-state index in [1.165, 1.54) is 16.8 Å². The van der Waals surface area contributed by atoms with Gasteiger partial charge in [0.2, 0.25) is 11.1 Å². The van der Waals surface area contributed by atoms with Gasteiger partial charge in [0, 0.05) is 12.6 Å². The van der Waals surface area contributed by atoms with Crippen molar-refractivity contribution in [1.82, 2.24) is 19.8 Å². The molecule has 1 amide bonds. The van der Waals surface area contributed by atoms with Crippen molar-refractivity contribution in [3.8, 4) is 5.75 Å². The molecular weight excluding hydrogens is 445 g/mol. The van der Waals surface area contributed by atoms with Crippen LogP contribution in [0.25, 0.3) is 0 Å². The van der Waals surface area contributed by atoms with E-state index < -0.39 is 15.7 Å². The van der Waals surface area contributed by atoms with Gasteiger partial charge >= 0.3 is 0 Å². The average Bonchev–Trinajstić information content (AvgIpc) is 3.25. The Labute approximate surface area is 185 Å². The van der Waals surface area contributed by atoms with Crippen molar-refractivity contribution in [3.05, 3.63) is 35.9 Å². The summed E-state index contributed by atoms with van der Waals surface area (Å²) in [5, 5.41) is 8.23. The highest BCUT2D eigenvalue weighted by Gasteiger charge is 2.34. The topological polar surface area (TPSA) is 120 Å². The van der Waals surface area contributed by atoms with Gasteiger partial charge in [-0.15, -0.1) is 10.2 Å². The number of nitrogen functional groups attached to an aromatic ring is 1. The molecule has 1 aliphatic rings. The van der Waals surface area contributed by atoms with Crippen molar-refractivity contribution in [3.63, 3.8) is 0 Å². The van der Waals surface area contributed by atoms with E-state index in [4.69, 9.17) is 10.6 Å². The average molecular weight is 472 g/mol. The lowest BCUT2D eigenvalue weighted by atomic mass is 10.1. The van der Waals surface area contributed by atoms with Crippen LogP contribution in [0.5, 0.6) is 5.75 Å². The van der Waals surface area contributed by atoms with Gasteiger partial charge in [0.25, 0.3) is 0 Å². The number of aromatic nitrogens is 3. The van der Waals surface area contributed by atoms with Crippen LogP contribution < -0.4 is 10.6 Å². The molecule has 0 unspecified atom stereocenters. The number of carbonyl (C=O) groups excluding carboxylic acids is 1. The maximum Gasteiger partial charge on any atom is 0.233 e. The third-order valence-corrected chi connectivity index (χ3v) is 7.46. The molecule has 9 nitrogen and oxygen atoms in total. The number of benzene rings is 1. The van der Waals surface area contributed by atoms with E-state index in [2.05, 4.69) is 10.2 Å². The number of sulfone groups is 1. The molecule has 3 rings (SSSR count). The zero-order valence-corrected chi connectivity index (χ0v) is 19.0. The third-order valence-electron chi connectivity index (χ3n) is 4.78. The third kappa shape index (κ3) is 6.10. The number of para-hydroxylation sites is 1. The Hall–Kier alpha value is -2.34. The molecule has 0 aliphatic carbocycles. The molecule has 1 aromatic carbocycles. The summed E-state index contributed by atoms with van der Waals surface area (Å²) >= 11 is 1.11. The van der Waals surface area contributed by atoms with Gasteiger partial charge in [0.1, 0.15) is 6.61 Å². The van der Waals surface area contributed by atoms with Gasteiger partial charge in [-0.1, -0.05) is 37.7 Å². The Kier molecular flexibility index (Phi) is 7.42. The summed E-state index contributed by atoms with van der Waals surface area (Å²) in [6.07, 6.45) is 0.454. The van der Waals surface area contributed by atoms with Gasteiger partial charge in [-0.2, -0.15) is 0 Å². The molecule has 170 valence electrons. The Balaban J connectivity index is 1.60. The van der Waals surface area contributed by atoms with E-state index in [1.54, 1.807) is 17.0 Å². The molecule has 1 fully saturated rings. The SMILES string of the molecule is CC(C)CN(C(=O)CSc1nnc(COc2ccccc2F)n1N)[C@H]1CCS(=O)(=O)C1. The number of hydrogen-bond acceptors (Lipinski definition) is 8. The fourth-order valence-electron chi connectivity index (χ4n) is 3.29. The van der Waals surface area contributed by atoms with Crippen molar-refractivity contribution < 1.29 is 22.3 Å². The van der Waals surface area contributed by atoms with Crippen LogP contribution in [0.4, 0.5) is 4.39 Å². The van der Waals surface area contributed by atoms with Crippen LogP contribution in [0.3, 0.4) is 0 Å². The van der Waals surface area contributed by atoms with E-state index in [-0.39, 0.29) is 53.3 Å².